The molecule has 0 aliphatic carbocycles. The van der Waals surface area contributed by atoms with Crippen molar-refractivity contribution in [2.24, 2.45) is 11.7 Å². The minimum atomic E-state index is 0.163. The number of nitrogens with two attached hydrogens (primary N) is 1. The van der Waals surface area contributed by atoms with E-state index in [2.05, 4.69) is 40.1 Å². The summed E-state index contributed by atoms with van der Waals surface area (Å²) in [6, 6.07) is 2.17. The zero-order valence-corrected chi connectivity index (χ0v) is 11.0. The minimum Gasteiger partial charge on any atom is -0.369 e. The molecule has 0 saturated carbocycles. The predicted octanol–water partition coefficient (Wildman–Crippen LogP) is 2.55. The van der Waals surface area contributed by atoms with Crippen molar-refractivity contribution in [1.82, 2.24) is 4.98 Å². The second kappa shape index (κ2) is 5.47. The van der Waals surface area contributed by atoms with Gasteiger partial charge in [-0.2, -0.15) is 0 Å². The number of hydrogen-bond donors (Lipinski definition) is 2. The van der Waals surface area contributed by atoms with Crippen LogP contribution in [0.15, 0.2) is 16.7 Å². The van der Waals surface area contributed by atoms with Crippen LogP contribution in [0.25, 0.3) is 0 Å². The lowest BCUT2D eigenvalue weighted by molar-refractivity contribution is 0.511. The second-order valence-electron chi connectivity index (χ2n) is 4.11. The van der Waals surface area contributed by atoms with Gasteiger partial charge in [-0.25, -0.2) is 4.98 Å². The highest BCUT2D eigenvalue weighted by atomic mass is 79.9. The van der Waals surface area contributed by atoms with Crippen molar-refractivity contribution in [3.05, 3.63) is 22.3 Å². The van der Waals surface area contributed by atoms with E-state index >= 15 is 0 Å². The molecule has 0 amide bonds. The van der Waals surface area contributed by atoms with Crippen LogP contribution in [0.2, 0.25) is 0 Å². The molecule has 1 aromatic heterocycles. The van der Waals surface area contributed by atoms with E-state index in [1.54, 1.807) is 6.20 Å². The summed E-state index contributed by atoms with van der Waals surface area (Å²) >= 11 is 3.42. The molecule has 3 nitrogen and oxygen atoms in total. The van der Waals surface area contributed by atoms with Crippen LogP contribution >= 0.6 is 15.9 Å². The Morgan fingerprint density at radius 3 is 2.73 bits per heavy atom. The molecule has 1 heterocycles. The number of nitrogens with one attached hydrogen (secondary N) is 1. The second-order valence-corrected chi connectivity index (χ2v) is 4.96. The van der Waals surface area contributed by atoms with Crippen LogP contribution in [0.5, 0.6) is 0 Å². The van der Waals surface area contributed by atoms with Gasteiger partial charge in [0.25, 0.3) is 0 Å². The molecule has 1 atom stereocenters. The number of halogens is 1. The quantitative estimate of drug-likeness (QED) is 0.885. The van der Waals surface area contributed by atoms with Crippen LogP contribution in [-0.2, 0) is 0 Å². The van der Waals surface area contributed by atoms with E-state index in [1.807, 2.05) is 13.0 Å². The van der Waals surface area contributed by atoms with Crippen molar-refractivity contribution in [3.63, 3.8) is 0 Å². The van der Waals surface area contributed by atoms with Gasteiger partial charge in [-0.3, -0.25) is 0 Å². The third kappa shape index (κ3) is 3.80. The third-order valence-corrected chi connectivity index (χ3v) is 3.25. The maximum absolute atomic E-state index is 5.93. The molecule has 0 bridgehead atoms. The average molecular weight is 272 g/mol. The van der Waals surface area contributed by atoms with Gasteiger partial charge in [0, 0.05) is 23.3 Å². The van der Waals surface area contributed by atoms with E-state index in [4.69, 9.17) is 5.73 Å². The van der Waals surface area contributed by atoms with Crippen LogP contribution in [0.3, 0.4) is 0 Å². The summed E-state index contributed by atoms with van der Waals surface area (Å²) in [4.78, 5) is 4.26. The largest absolute Gasteiger partial charge is 0.369 e. The number of anilines is 1. The molecular weight excluding hydrogens is 254 g/mol. The van der Waals surface area contributed by atoms with Gasteiger partial charge >= 0.3 is 0 Å². The molecule has 0 saturated heterocycles. The van der Waals surface area contributed by atoms with Gasteiger partial charge in [-0.1, -0.05) is 13.8 Å². The van der Waals surface area contributed by atoms with Gasteiger partial charge in [-0.15, -0.1) is 0 Å². The monoisotopic (exact) mass is 271 g/mol. The standard InChI is InChI=1S/C11H18BrN3/c1-7(2)10(13)6-15-11-4-8(3)9(12)5-14-11/h4-5,7,10H,6,13H2,1-3H3,(H,14,15). The van der Waals surface area contributed by atoms with E-state index in [0.717, 1.165) is 16.8 Å². The smallest absolute Gasteiger partial charge is 0.126 e. The Hall–Kier alpha value is -0.610. The Morgan fingerprint density at radius 1 is 1.53 bits per heavy atom. The Morgan fingerprint density at radius 2 is 2.20 bits per heavy atom. The van der Waals surface area contributed by atoms with Crippen molar-refractivity contribution in [2.45, 2.75) is 26.8 Å². The van der Waals surface area contributed by atoms with E-state index in [1.165, 1.54) is 5.56 Å². The maximum Gasteiger partial charge on any atom is 0.126 e. The van der Waals surface area contributed by atoms with Gasteiger partial charge < -0.3 is 11.1 Å². The molecule has 0 spiro atoms. The molecule has 1 unspecified atom stereocenters. The topological polar surface area (TPSA) is 50.9 Å². The summed E-state index contributed by atoms with van der Waals surface area (Å²) < 4.78 is 1.03. The van der Waals surface area contributed by atoms with E-state index in [-0.39, 0.29) is 6.04 Å². The van der Waals surface area contributed by atoms with E-state index in [9.17, 15) is 0 Å². The highest BCUT2D eigenvalue weighted by molar-refractivity contribution is 9.10. The summed E-state index contributed by atoms with van der Waals surface area (Å²) in [5.41, 5.74) is 7.10. The summed E-state index contributed by atoms with van der Waals surface area (Å²) in [6.45, 7) is 7.03. The fourth-order valence-electron chi connectivity index (χ4n) is 1.09. The van der Waals surface area contributed by atoms with Gasteiger partial charge in [0.1, 0.15) is 5.82 Å². The Labute approximate surface area is 99.6 Å². The number of rotatable bonds is 4. The van der Waals surface area contributed by atoms with Gasteiger partial charge in [0.2, 0.25) is 0 Å². The van der Waals surface area contributed by atoms with E-state index < -0.39 is 0 Å². The Balaban J connectivity index is 2.55. The van der Waals surface area contributed by atoms with Gasteiger partial charge in [-0.05, 0) is 40.4 Å². The molecule has 0 aromatic carbocycles. The number of aryl methyl sites for hydroxylation is 1. The molecule has 3 N–H and O–H groups in total. The summed E-state index contributed by atoms with van der Waals surface area (Å²) in [7, 11) is 0. The summed E-state index contributed by atoms with van der Waals surface area (Å²) in [6.07, 6.45) is 1.80. The number of nitrogens with zero attached hydrogens (tertiary/aromatic N) is 1. The molecule has 0 fully saturated rings. The molecule has 0 radical (unpaired) electrons. The summed E-state index contributed by atoms with van der Waals surface area (Å²) in [5.74, 6) is 1.36. The highest BCUT2D eigenvalue weighted by Crippen LogP contribution is 2.17. The number of pyridine rings is 1. The first-order chi connectivity index (χ1) is 7.00. The maximum atomic E-state index is 5.93. The molecule has 84 valence electrons. The average Bonchev–Trinajstić information content (AvgIpc) is 2.19. The Kier molecular flexibility index (Phi) is 4.54. The van der Waals surface area contributed by atoms with E-state index in [0.29, 0.717) is 5.92 Å². The van der Waals surface area contributed by atoms with Crippen molar-refractivity contribution >= 4 is 21.7 Å². The fraction of sp³-hybridized carbons (Fsp3) is 0.545. The number of aromatic nitrogens is 1. The van der Waals surface area contributed by atoms with Crippen LogP contribution in [-0.4, -0.2) is 17.6 Å². The van der Waals surface area contributed by atoms with Crippen molar-refractivity contribution in [3.8, 4) is 0 Å². The zero-order chi connectivity index (χ0) is 11.4. The Bertz CT molecular complexity index is 326. The van der Waals surface area contributed by atoms with Crippen LogP contribution < -0.4 is 11.1 Å². The minimum absolute atomic E-state index is 0.163. The lowest BCUT2D eigenvalue weighted by Crippen LogP contribution is -2.34. The van der Waals surface area contributed by atoms with Crippen molar-refractivity contribution in [2.75, 3.05) is 11.9 Å². The van der Waals surface area contributed by atoms with Crippen LogP contribution in [0.4, 0.5) is 5.82 Å². The SMILES string of the molecule is Cc1cc(NCC(N)C(C)C)ncc1Br. The van der Waals surface area contributed by atoms with Crippen LogP contribution in [0, 0.1) is 12.8 Å². The van der Waals surface area contributed by atoms with Crippen LogP contribution in [0.1, 0.15) is 19.4 Å². The molecule has 4 heteroatoms. The lowest BCUT2D eigenvalue weighted by Gasteiger charge is -2.16. The normalized spacial score (nSPS) is 12.9. The molecule has 0 aliphatic heterocycles. The predicted molar refractivity (Wildman–Crippen MR) is 68.0 cm³/mol. The molecular formula is C11H18BrN3. The van der Waals surface area contributed by atoms with Gasteiger partial charge in [0.05, 0.1) is 0 Å². The third-order valence-electron chi connectivity index (χ3n) is 2.42. The molecule has 1 rings (SSSR count). The number of hydrogen-bond acceptors (Lipinski definition) is 3. The van der Waals surface area contributed by atoms with Crippen molar-refractivity contribution in [1.29, 1.82) is 0 Å². The first-order valence-electron chi connectivity index (χ1n) is 5.12. The highest BCUT2D eigenvalue weighted by Gasteiger charge is 2.07. The molecule has 1 aromatic rings. The zero-order valence-electron chi connectivity index (χ0n) is 9.42. The van der Waals surface area contributed by atoms with Crippen molar-refractivity contribution < 1.29 is 0 Å². The fourth-order valence-corrected chi connectivity index (χ4v) is 1.31. The molecule has 0 aliphatic rings. The first-order valence-corrected chi connectivity index (χ1v) is 5.91. The first kappa shape index (κ1) is 12.5. The van der Waals surface area contributed by atoms with Gasteiger partial charge in [0.15, 0.2) is 0 Å². The molecule has 15 heavy (non-hydrogen) atoms. The summed E-state index contributed by atoms with van der Waals surface area (Å²) in [5, 5.41) is 3.24. The lowest BCUT2D eigenvalue weighted by atomic mass is 10.1.